The SMILES string of the molecule is Nc1ccccc1.O=[S-](=O)Nc1ccccc1.[Na+].[OH-]. The van der Waals surface area contributed by atoms with Crippen LogP contribution in [0.3, 0.4) is 0 Å². The molecule has 0 amide bonds. The van der Waals surface area contributed by atoms with Crippen molar-refractivity contribution in [2.45, 2.75) is 0 Å². The minimum atomic E-state index is -2.22. The molecule has 4 N–H and O–H groups in total. The van der Waals surface area contributed by atoms with Crippen molar-refractivity contribution in [1.82, 2.24) is 0 Å². The zero-order chi connectivity index (χ0) is 12.5. The van der Waals surface area contributed by atoms with Gasteiger partial charge in [-0.25, -0.2) is 0 Å². The van der Waals surface area contributed by atoms with E-state index in [0.717, 1.165) is 5.69 Å². The van der Waals surface area contributed by atoms with E-state index in [1.54, 1.807) is 24.3 Å². The summed E-state index contributed by atoms with van der Waals surface area (Å²) < 4.78 is 22.3. The van der Waals surface area contributed by atoms with Crippen molar-refractivity contribution in [3.05, 3.63) is 60.7 Å². The first-order valence-electron chi connectivity index (χ1n) is 4.90. The van der Waals surface area contributed by atoms with Crippen molar-refractivity contribution in [3.8, 4) is 0 Å². The molecule has 2 rings (SSSR count). The molecule has 0 saturated heterocycles. The summed E-state index contributed by atoms with van der Waals surface area (Å²) in [6.45, 7) is 0. The average Bonchev–Trinajstić information content (AvgIpc) is 2.31. The Labute approximate surface area is 136 Å². The number of hydrogen-bond donors (Lipinski definition) is 2. The van der Waals surface area contributed by atoms with Gasteiger partial charge in [0.2, 0.25) is 0 Å². The van der Waals surface area contributed by atoms with Crippen LogP contribution in [0.2, 0.25) is 0 Å². The molecule has 0 aliphatic heterocycles. The maximum Gasteiger partial charge on any atom is 1.00 e. The van der Waals surface area contributed by atoms with Crippen LogP contribution in [0.1, 0.15) is 0 Å². The molecule has 0 spiro atoms. The van der Waals surface area contributed by atoms with Gasteiger partial charge in [-0.3, -0.25) is 0 Å². The first-order valence-corrected chi connectivity index (χ1v) is 5.97. The fourth-order valence-electron chi connectivity index (χ4n) is 1.06. The van der Waals surface area contributed by atoms with E-state index in [0.29, 0.717) is 5.69 Å². The minimum absolute atomic E-state index is 0. The summed E-state index contributed by atoms with van der Waals surface area (Å²) >= 11 is 0. The Morgan fingerprint density at radius 1 is 0.842 bits per heavy atom. The van der Waals surface area contributed by atoms with Gasteiger partial charge in [0.1, 0.15) is 0 Å². The van der Waals surface area contributed by atoms with Gasteiger partial charge in [0.05, 0.1) is 0 Å². The van der Waals surface area contributed by atoms with Crippen LogP contribution in [0.25, 0.3) is 0 Å². The van der Waals surface area contributed by atoms with E-state index in [2.05, 4.69) is 4.72 Å². The summed E-state index contributed by atoms with van der Waals surface area (Å²) in [5.74, 6) is 0. The van der Waals surface area contributed by atoms with E-state index in [4.69, 9.17) is 5.73 Å². The molecule has 0 bridgehead atoms. The zero-order valence-electron chi connectivity index (χ0n) is 10.5. The number of para-hydroxylation sites is 2. The standard InChI is InChI=1S/C6H6NO2S.C6H7N.Na.H2O/c8-10(9)7-6-4-2-1-3-5-6;7-6-4-2-1-3-5-6;;/h1-5H,(H,7,8,9);1-5H,7H2;;1H2/q-1;;+1;/p-1. The number of anilines is 2. The largest absolute Gasteiger partial charge is 1.00 e. The maximum atomic E-state index is 10.1. The molecule has 7 heteroatoms. The van der Waals surface area contributed by atoms with Crippen molar-refractivity contribution in [2.75, 3.05) is 10.5 Å². The average molecular weight is 289 g/mol. The van der Waals surface area contributed by atoms with E-state index in [-0.39, 0.29) is 35.0 Å². The summed E-state index contributed by atoms with van der Waals surface area (Å²) in [7, 11) is -2.22. The van der Waals surface area contributed by atoms with Crippen LogP contribution in [0.5, 0.6) is 0 Å². The van der Waals surface area contributed by atoms with Crippen LogP contribution in [0.15, 0.2) is 60.7 Å². The summed E-state index contributed by atoms with van der Waals surface area (Å²) in [5.41, 5.74) is 6.76. The third-order valence-corrected chi connectivity index (χ3v) is 2.18. The number of nitrogen functional groups attached to an aromatic ring is 1. The Bertz CT molecular complexity index is 499. The molecule has 5 nitrogen and oxygen atoms in total. The number of benzene rings is 2. The van der Waals surface area contributed by atoms with Gasteiger partial charge in [0.15, 0.2) is 0 Å². The fraction of sp³-hybridized carbons (Fsp3) is 0. The van der Waals surface area contributed by atoms with E-state index >= 15 is 0 Å². The van der Waals surface area contributed by atoms with E-state index in [1.165, 1.54) is 0 Å². The maximum absolute atomic E-state index is 10.1. The molecule has 0 atom stereocenters. The van der Waals surface area contributed by atoms with Crippen molar-refractivity contribution in [3.63, 3.8) is 0 Å². The van der Waals surface area contributed by atoms with Crippen molar-refractivity contribution >= 4 is 22.3 Å². The van der Waals surface area contributed by atoms with Gasteiger partial charge >= 0.3 is 29.6 Å². The van der Waals surface area contributed by atoms with Gasteiger partial charge in [-0.1, -0.05) is 36.4 Å². The molecule has 0 aliphatic carbocycles. The number of nitrogens with one attached hydrogen (secondary N) is 1. The molecule has 0 aliphatic rings. The summed E-state index contributed by atoms with van der Waals surface area (Å²) in [4.78, 5) is 0. The summed E-state index contributed by atoms with van der Waals surface area (Å²) in [6.07, 6.45) is 0. The summed E-state index contributed by atoms with van der Waals surface area (Å²) in [6, 6.07) is 18.2. The Morgan fingerprint density at radius 3 is 1.58 bits per heavy atom. The summed E-state index contributed by atoms with van der Waals surface area (Å²) in [5, 5.41) is 0. The van der Waals surface area contributed by atoms with Crippen molar-refractivity contribution < 1.29 is 43.5 Å². The van der Waals surface area contributed by atoms with E-state index in [9.17, 15) is 8.42 Å². The van der Waals surface area contributed by atoms with Crippen LogP contribution in [0.4, 0.5) is 11.4 Å². The van der Waals surface area contributed by atoms with Gasteiger partial charge in [0, 0.05) is 22.3 Å². The Morgan fingerprint density at radius 2 is 1.26 bits per heavy atom. The van der Waals surface area contributed by atoms with E-state index < -0.39 is 10.9 Å². The van der Waals surface area contributed by atoms with Crippen molar-refractivity contribution in [1.29, 1.82) is 0 Å². The molecule has 98 valence electrons. The molecule has 0 saturated carbocycles. The third kappa shape index (κ3) is 10.5. The third-order valence-electron chi connectivity index (χ3n) is 1.77. The van der Waals surface area contributed by atoms with Gasteiger partial charge in [-0.2, -0.15) is 0 Å². The molecular weight excluding hydrogens is 275 g/mol. The zero-order valence-corrected chi connectivity index (χ0v) is 13.3. The predicted molar refractivity (Wildman–Crippen MR) is 71.6 cm³/mol. The van der Waals surface area contributed by atoms with Crippen LogP contribution in [-0.4, -0.2) is 5.48 Å². The Hall–Kier alpha value is -1.05. The van der Waals surface area contributed by atoms with Crippen LogP contribution >= 0.6 is 0 Å². The monoisotopic (exact) mass is 289 g/mol. The number of nitrogens with two attached hydrogens (primary N) is 1. The second kappa shape index (κ2) is 12.0. The molecule has 0 heterocycles. The first kappa shape index (κ1) is 20.3. The van der Waals surface area contributed by atoms with Crippen molar-refractivity contribution in [2.24, 2.45) is 0 Å². The Balaban J connectivity index is 0. The number of hydrogen-bond acceptors (Lipinski definition) is 5. The molecular formula is C12H14N2NaO3S-. The quantitative estimate of drug-likeness (QED) is 0.438. The van der Waals surface area contributed by atoms with E-state index in [1.807, 2.05) is 36.4 Å². The second-order valence-corrected chi connectivity index (χ2v) is 3.79. The van der Waals surface area contributed by atoms with Gasteiger partial charge in [0.25, 0.3) is 0 Å². The van der Waals surface area contributed by atoms with Gasteiger partial charge in [-0.15, -0.1) is 0 Å². The van der Waals surface area contributed by atoms with Gasteiger partial charge < -0.3 is 24.3 Å². The molecule has 2 aromatic carbocycles. The second-order valence-electron chi connectivity index (χ2n) is 3.11. The minimum Gasteiger partial charge on any atom is -0.870 e. The molecule has 0 unspecified atom stereocenters. The molecule has 0 radical (unpaired) electrons. The topological polar surface area (TPSA) is 102 Å². The Kier molecular flexibility index (Phi) is 12.8. The molecule has 0 fully saturated rings. The predicted octanol–water partition coefficient (Wildman–Crippen LogP) is -0.581. The van der Waals surface area contributed by atoms with Crippen LogP contribution in [0, 0.1) is 0 Å². The van der Waals surface area contributed by atoms with Crippen LogP contribution in [-0.2, 0) is 19.3 Å². The van der Waals surface area contributed by atoms with Crippen LogP contribution < -0.4 is 40.0 Å². The molecule has 2 aromatic rings. The fourth-order valence-corrected chi connectivity index (χ4v) is 1.38. The normalized spacial score (nSPS) is 8.26. The first-order chi connectivity index (χ1) is 8.18. The van der Waals surface area contributed by atoms with Gasteiger partial charge in [-0.05, 0) is 24.3 Å². The molecule has 19 heavy (non-hydrogen) atoms. The number of rotatable bonds is 2. The molecule has 0 aromatic heterocycles. The smallest absolute Gasteiger partial charge is 0.870 e.